The van der Waals surface area contributed by atoms with Crippen LogP contribution in [0.4, 0.5) is 0 Å². The number of aromatic nitrogens is 1. The van der Waals surface area contributed by atoms with Gasteiger partial charge in [0.05, 0.1) is 0 Å². The predicted molar refractivity (Wildman–Crippen MR) is 74.3 cm³/mol. The summed E-state index contributed by atoms with van der Waals surface area (Å²) in [5, 5.41) is 2.88. The number of nitrogens with zero attached hydrogens (tertiary/aromatic N) is 1. The van der Waals surface area contributed by atoms with Crippen LogP contribution < -0.4 is 5.32 Å². The Morgan fingerprint density at radius 1 is 1.28 bits per heavy atom. The standard InChI is InChI=1S/C14H13BrN2O/c1-10-6-12(8-13(15)7-10)14(18)17-9-11-2-4-16-5-3-11/h2-8H,9H2,1H3,(H,17,18). The van der Waals surface area contributed by atoms with Gasteiger partial charge in [-0.25, -0.2) is 0 Å². The first kappa shape index (κ1) is 12.8. The van der Waals surface area contributed by atoms with Crippen molar-refractivity contribution in [2.45, 2.75) is 13.5 Å². The molecule has 1 N–H and O–H groups in total. The summed E-state index contributed by atoms with van der Waals surface area (Å²) in [5.74, 6) is -0.0730. The maximum Gasteiger partial charge on any atom is 0.251 e. The van der Waals surface area contributed by atoms with Crippen LogP contribution in [0.3, 0.4) is 0 Å². The van der Waals surface area contributed by atoms with E-state index in [2.05, 4.69) is 26.2 Å². The molecule has 0 unspecified atom stereocenters. The molecule has 1 heterocycles. The number of halogens is 1. The summed E-state index contributed by atoms with van der Waals surface area (Å²) in [4.78, 5) is 15.9. The SMILES string of the molecule is Cc1cc(Br)cc(C(=O)NCc2ccncc2)c1. The highest BCUT2D eigenvalue weighted by Crippen LogP contribution is 2.15. The summed E-state index contributed by atoms with van der Waals surface area (Å²) in [6.07, 6.45) is 3.43. The minimum atomic E-state index is -0.0730. The van der Waals surface area contributed by atoms with E-state index in [0.717, 1.165) is 15.6 Å². The van der Waals surface area contributed by atoms with Crippen molar-refractivity contribution in [3.05, 3.63) is 63.9 Å². The van der Waals surface area contributed by atoms with Crippen molar-refractivity contribution >= 4 is 21.8 Å². The molecule has 4 heteroatoms. The number of rotatable bonds is 3. The normalized spacial score (nSPS) is 10.1. The second-order valence-electron chi connectivity index (χ2n) is 4.06. The first-order valence-corrected chi connectivity index (χ1v) is 6.39. The fourth-order valence-electron chi connectivity index (χ4n) is 1.65. The lowest BCUT2D eigenvalue weighted by Crippen LogP contribution is -2.22. The van der Waals surface area contributed by atoms with E-state index in [9.17, 15) is 4.79 Å². The highest BCUT2D eigenvalue weighted by atomic mass is 79.9. The molecule has 0 bridgehead atoms. The molecule has 1 amide bonds. The maximum atomic E-state index is 12.0. The third-order valence-electron chi connectivity index (χ3n) is 2.51. The summed E-state index contributed by atoms with van der Waals surface area (Å²) in [7, 11) is 0. The minimum absolute atomic E-state index is 0.0730. The van der Waals surface area contributed by atoms with E-state index in [1.54, 1.807) is 12.4 Å². The third-order valence-corrected chi connectivity index (χ3v) is 2.96. The van der Waals surface area contributed by atoms with E-state index in [-0.39, 0.29) is 5.91 Å². The summed E-state index contributed by atoms with van der Waals surface area (Å²) in [6, 6.07) is 9.42. The van der Waals surface area contributed by atoms with Gasteiger partial charge in [-0.05, 0) is 48.4 Å². The quantitative estimate of drug-likeness (QED) is 0.947. The number of hydrogen-bond donors (Lipinski definition) is 1. The molecule has 0 fully saturated rings. The minimum Gasteiger partial charge on any atom is -0.348 e. The summed E-state index contributed by atoms with van der Waals surface area (Å²) < 4.78 is 0.913. The lowest BCUT2D eigenvalue weighted by molar-refractivity contribution is 0.0950. The van der Waals surface area contributed by atoms with Crippen LogP contribution in [0.1, 0.15) is 21.5 Å². The van der Waals surface area contributed by atoms with Crippen LogP contribution in [0.15, 0.2) is 47.2 Å². The van der Waals surface area contributed by atoms with Crippen LogP contribution in [0, 0.1) is 6.92 Å². The molecule has 2 rings (SSSR count). The average molecular weight is 305 g/mol. The predicted octanol–water partition coefficient (Wildman–Crippen LogP) is 3.08. The second-order valence-corrected chi connectivity index (χ2v) is 4.97. The number of aryl methyl sites for hydroxylation is 1. The van der Waals surface area contributed by atoms with Crippen LogP contribution in [0.5, 0.6) is 0 Å². The van der Waals surface area contributed by atoms with Crippen LogP contribution in [-0.4, -0.2) is 10.9 Å². The fourth-order valence-corrected chi connectivity index (χ4v) is 2.26. The highest BCUT2D eigenvalue weighted by Gasteiger charge is 2.06. The average Bonchev–Trinajstić information content (AvgIpc) is 2.36. The van der Waals surface area contributed by atoms with Gasteiger partial charge in [-0.15, -0.1) is 0 Å². The van der Waals surface area contributed by atoms with E-state index >= 15 is 0 Å². The Kier molecular flexibility index (Phi) is 4.10. The van der Waals surface area contributed by atoms with E-state index in [1.807, 2.05) is 37.3 Å². The number of nitrogens with one attached hydrogen (secondary N) is 1. The van der Waals surface area contributed by atoms with Crippen molar-refractivity contribution < 1.29 is 4.79 Å². The molecule has 0 atom stereocenters. The first-order valence-electron chi connectivity index (χ1n) is 5.59. The van der Waals surface area contributed by atoms with Gasteiger partial charge in [0.1, 0.15) is 0 Å². The Morgan fingerprint density at radius 3 is 2.67 bits per heavy atom. The Bertz CT molecular complexity index is 535. The van der Waals surface area contributed by atoms with E-state index in [0.29, 0.717) is 12.1 Å². The zero-order valence-electron chi connectivity index (χ0n) is 9.98. The number of hydrogen-bond acceptors (Lipinski definition) is 2. The molecule has 0 aliphatic heterocycles. The molecule has 2 aromatic rings. The van der Waals surface area contributed by atoms with Crippen molar-refractivity contribution in [3.8, 4) is 0 Å². The molecule has 0 spiro atoms. The molecule has 0 radical (unpaired) electrons. The molecular weight excluding hydrogens is 292 g/mol. The van der Waals surface area contributed by atoms with Gasteiger partial charge in [-0.2, -0.15) is 0 Å². The topological polar surface area (TPSA) is 42.0 Å². The number of carbonyl (C=O) groups excluding carboxylic acids is 1. The molecule has 18 heavy (non-hydrogen) atoms. The van der Waals surface area contributed by atoms with E-state index in [4.69, 9.17) is 0 Å². The van der Waals surface area contributed by atoms with Gasteiger partial charge in [0, 0.05) is 29.0 Å². The number of carbonyl (C=O) groups is 1. The van der Waals surface area contributed by atoms with Crippen molar-refractivity contribution in [1.29, 1.82) is 0 Å². The molecular formula is C14H13BrN2O. The lowest BCUT2D eigenvalue weighted by Gasteiger charge is -2.06. The van der Waals surface area contributed by atoms with Crippen LogP contribution in [0.2, 0.25) is 0 Å². The zero-order valence-corrected chi connectivity index (χ0v) is 11.6. The third kappa shape index (κ3) is 3.40. The Balaban J connectivity index is 2.04. The van der Waals surface area contributed by atoms with Gasteiger partial charge in [0.15, 0.2) is 0 Å². The summed E-state index contributed by atoms with van der Waals surface area (Å²) in [6.45, 7) is 2.47. The van der Waals surface area contributed by atoms with Crippen molar-refractivity contribution in [2.24, 2.45) is 0 Å². The number of benzene rings is 1. The summed E-state index contributed by atoms with van der Waals surface area (Å²) >= 11 is 3.39. The van der Waals surface area contributed by atoms with Crippen LogP contribution >= 0.6 is 15.9 Å². The molecule has 0 aliphatic rings. The summed E-state index contributed by atoms with van der Waals surface area (Å²) in [5.41, 5.74) is 2.75. The van der Waals surface area contributed by atoms with Gasteiger partial charge in [-0.3, -0.25) is 9.78 Å². The number of amides is 1. The Morgan fingerprint density at radius 2 is 2.00 bits per heavy atom. The van der Waals surface area contributed by atoms with E-state index in [1.165, 1.54) is 0 Å². The van der Waals surface area contributed by atoms with Gasteiger partial charge in [0.2, 0.25) is 0 Å². The van der Waals surface area contributed by atoms with Crippen LogP contribution in [0.25, 0.3) is 0 Å². The second kappa shape index (κ2) is 5.78. The van der Waals surface area contributed by atoms with Crippen LogP contribution in [-0.2, 0) is 6.54 Å². The largest absolute Gasteiger partial charge is 0.348 e. The van der Waals surface area contributed by atoms with Crippen molar-refractivity contribution in [1.82, 2.24) is 10.3 Å². The monoisotopic (exact) mass is 304 g/mol. The molecule has 0 saturated heterocycles. The van der Waals surface area contributed by atoms with E-state index < -0.39 is 0 Å². The molecule has 3 nitrogen and oxygen atoms in total. The Labute approximate surface area is 114 Å². The van der Waals surface area contributed by atoms with Gasteiger partial charge in [0.25, 0.3) is 5.91 Å². The lowest BCUT2D eigenvalue weighted by atomic mass is 10.1. The zero-order chi connectivity index (χ0) is 13.0. The van der Waals surface area contributed by atoms with Gasteiger partial charge < -0.3 is 5.32 Å². The first-order chi connectivity index (χ1) is 8.65. The molecule has 1 aromatic heterocycles. The highest BCUT2D eigenvalue weighted by molar-refractivity contribution is 9.10. The molecule has 92 valence electrons. The van der Waals surface area contributed by atoms with Gasteiger partial charge in [-0.1, -0.05) is 15.9 Å². The molecule has 1 aromatic carbocycles. The Hall–Kier alpha value is -1.68. The van der Waals surface area contributed by atoms with Gasteiger partial charge >= 0.3 is 0 Å². The molecule has 0 saturated carbocycles. The smallest absolute Gasteiger partial charge is 0.251 e. The van der Waals surface area contributed by atoms with Crippen molar-refractivity contribution in [2.75, 3.05) is 0 Å². The fraction of sp³-hybridized carbons (Fsp3) is 0.143. The number of pyridine rings is 1. The van der Waals surface area contributed by atoms with Crippen molar-refractivity contribution in [3.63, 3.8) is 0 Å². The maximum absolute atomic E-state index is 12.0. The molecule has 0 aliphatic carbocycles.